The van der Waals surface area contributed by atoms with E-state index in [2.05, 4.69) is 18.7 Å². The lowest BCUT2D eigenvalue weighted by molar-refractivity contribution is -0.385. The molecule has 0 saturated carbocycles. The summed E-state index contributed by atoms with van der Waals surface area (Å²) >= 11 is 0. The van der Waals surface area contributed by atoms with Crippen molar-refractivity contribution >= 4 is 17.2 Å². The van der Waals surface area contributed by atoms with E-state index in [9.17, 15) is 25.0 Å². The van der Waals surface area contributed by atoms with E-state index in [1.165, 1.54) is 24.3 Å². The Balaban J connectivity index is 1.52. The van der Waals surface area contributed by atoms with Crippen LogP contribution in [0.3, 0.4) is 0 Å². The molecule has 1 fully saturated rings. The number of ether oxygens (including phenoxy) is 1. The number of non-ortho nitro benzene ring substituents is 2. The fourth-order valence-corrected chi connectivity index (χ4v) is 6.00. The van der Waals surface area contributed by atoms with Crippen LogP contribution in [0.1, 0.15) is 56.6 Å². The van der Waals surface area contributed by atoms with Crippen LogP contribution in [0.4, 0.5) is 11.4 Å². The second kappa shape index (κ2) is 9.13. The molecule has 9 heteroatoms. The van der Waals surface area contributed by atoms with Gasteiger partial charge in [-0.1, -0.05) is 38.1 Å². The smallest absolute Gasteiger partial charge is 0.269 e. The number of hydrogen-bond acceptors (Lipinski definition) is 7. The number of carbonyl (C=O) groups is 1. The third kappa shape index (κ3) is 4.51. The Morgan fingerprint density at radius 2 is 1.58 bits per heavy atom. The number of nitro benzene ring substituents is 2. The Bertz CT molecular complexity index is 1240. The summed E-state index contributed by atoms with van der Waals surface area (Å²) < 4.78 is 6.63. The molecule has 0 radical (unpaired) electrons. The molecule has 0 aromatic heterocycles. The van der Waals surface area contributed by atoms with Crippen LogP contribution >= 0.6 is 0 Å². The highest BCUT2D eigenvalue weighted by atomic mass is 16.6. The highest BCUT2D eigenvalue weighted by molar-refractivity contribution is 5.99. The Labute approximate surface area is 209 Å². The quantitative estimate of drug-likeness (QED) is 0.401. The van der Waals surface area contributed by atoms with Gasteiger partial charge in [0.15, 0.2) is 12.0 Å². The van der Waals surface area contributed by atoms with Gasteiger partial charge in [0.1, 0.15) is 5.76 Å². The molecule has 36 heavy (non-hydrogen) atoms. The molecule has 2 aromatic rings. The van der Waals surface area contributed by atoms with Crippen LogP contribution in [-0.2, 0) is 16.1 Å². The van der Waals surface area contributed by atoms with Crippen LogP contribution in [0.15, 0.2) is 59.9 Å². The Morgan fingerprint density at radius 1 is 0.972 bits per heavy atom. The van der Waals surface area contributed by atoms with Crippen LogP contribution in [0, 0.1) is 31.6 Å². The molecular weight excluding hydrogens is 462 g/mol. The van der Waals surface area contributed by atoms with Crippen LogP contribution in [0.5, 0.6) is 0 Å². The van der Waals surface area contributed by atoms with Crippen molar-refractivity contribution in [2.75, 3.05) is 6.54 Å². The average molecular weight is 492 g/mol. The second-order valence-electron chi connectivity index (χ2n) is 10.8. The van der Waals surface area contributed by atoms with Gasteiger partial charge in [-0.3, -0.25) is 29.9 Å². The lowest BCUT2D eigenvalue weighted by atomic mass is 9.66. The van der Waals surface area contributed by atoms with Gasteiger partial charge in [0.05, 0.1) is 9.85 Å². The van der Waals surface area contributed by atoms with Crippen molar-refractivity contribution in [1.29, 1.82) is 0 Å². The van der Waals surface area contributed by atoms with E-state index in [1.807, 2.05) is 0 Å². The summed E-state index contributed by atoms with van der Waals surface area (Å²) in [6.07, 6.45) is 2.64. The van der Waals surface area contributed by atoms with Crippen molar-refractivity contribution in [1.82, 2.24) is 4.90 Å². The molecule has 2 heterocycles. The summed E-state index contributed by atoms with van der Waals surface area (Å²) in [5.74, 6) is 0.650. The first-order valence-corrected chi connectivity index (χ1v) is 12.3. The first kappa shape index (κ1) is 24.1. The van der Waals surface area contributed by atoms with E-state index < -0.39 is 9.85 Å². The largest absolute Gasteiger partial charge is 0.479 e. The lowest BCUT2D eigenvalue weighted by Gasteiger charge is -2.50. The summed E-state index contributed by atoms with van der Waals surface area (Å²) in [5, 5.41) is 22.3. The number of nitro groups is 2. The predicted molar refractivity (Wildman–Crippen MR) is 132 cm³/mol. The molecular formula is C27H29N3O6. The van der Waals surface area contributed by atoms with Gasteiger partial charge in [0.25, 0.3) is 11.4 Å². The van der Waals surface area contributed by atoms with Crippen molar-refractivity contribution in [3.63, 3.8) is 0 Å². The molecule has 0 bridgehead atoms. The van der Waals surface area contributed by atoms with Crippen molar-refractivity contribution < 1.29 is 19.4 Å². The minimum Gasteiger partial charge on any atom is -0.479 e. The normalized spacial score (nSPS) is 25.5. The van der Waals surface area contributed by atoms with Gasteiger partial charge in [-0.05, 0) is 29.4 Å². The lowest BCUT2D eigenvalue weighted by Crippen LogP contribution is -2.52. The predicted octanol–water partition coefficient (Wildman–Crippen LogP) is 5.50. The average Bonchev–Trinajstić information content (AvgIpc) is 2.83. The minimum atomic E-state index is -0.415. The molecule has 3 atom stereocenters. The molecule has 0 N–H and O–H groups in total. The first-order chi connectivity index (χ1) is 17.1. The van der Waals surface area contributed by atoms with Crippen molar-refractivity contribution in [3.8, 4) is 0 Å². The second-order valence-corrected chi connectivity index (χ2v) is 10.8. The van der Waals surface area contributed by atoms with E-state index in [-0.39, 0.29) is 40.6 Å². The fraction of sp³-hybridized carbons (Fsp3) is 0.444. The highest BCUT2D eigenvalue weighted by Gasteiger charge is 2.49. The molecule has 5 rings (SSSR count). The van der Waals surface area contributed by atoms with Gasteiger partial charge < -0.3 is 4.74 Å². The highest BCUT2D eigenvalue weighted by Crippen LogP contribution is 2.52. The van der Waals surface area contributed by atoms with Crippen LogP contribution in [-0.4, -0.2) is 33.3 Å². The summed E-state index contributed by atoms with van der Waals surface area (Å²) in [5.41, 5.74) is 2.45. The van der Waals surface area contributed by atoms with Gasteiger partial charge in [-0.2, -0.15) is 0 Å². The topological polar surface area (TPSA) is 116 Å². The fourth-order valence-electron chi connectivity index (χ4n) is 6.00. The standard InChI is InChI=1S/C27H29N3O6/c1-27(2)14-22(31)25-23(15-27)36-26-21(24(25)18-7-11-20(12-8-18)30(34)35)4-3-13-28(26)16-17-5-9-19(10-6-17)29(32)33/h5-12,21,24,26H,3-4,13-16H2,1-2H3/t21-,24-,26+/m0/s1. The molecule has 188 valence electrons. The summed E-state index contributed by atoms with van der Waals surface area (Å²) in [6.45, 7) is 5.53. The van der Waals surface area contributed by atoms with E-state index in [4.69, 9.17) is 4.74 Å². The molecule has 2 aliphatic heterocycles. The van der Waals surface area contributed by atoms with Crippen molar-refractivity contribution in [2.45, 2.75) is 58.2 Å². The number of benzene rings is 2. The van der Waals surface area contributed by atoms with E-state index in [0.29, 0.717) is 19.4 Å². The Morgan fingerprint density at radius 3 is 2.19 bits per heavy atom. The maximum atomic E-state index is 13.4. The van der Waals surface area contributed by atoms with E-state index >= 15 is 0 Å². The Kier molecular flexibility index (Phi) is 6.12. The summed E-state index contributed by atoms with van der Waals surface area (Å²) in [4.78, 5) is 37.1. The molecule has 1 aliphatic carbocycles. The number of nitrogens with zero attached hydrogens (tertiary/aromatic N) is 3. The number of hydrogen-bond donors (Lipinski definition) is 0. The van der Waals surface area contributed by atoms with Gasteiger partial charge in [-0.25, -0.2) is 0 Å². The third-order valence-corrected chi connectivity index (χ3v) is 7.59. The zero-order chi connectivity index (χ0) is 25.6. The zero-order valence-corrected chi connectivity index (χ0v) is 20.4. The van der Waals surface area contributed by atoms with Crippen LogP contribution < -0.4 is 0 Å². The number of carbonyl (C=O) groups excluding carboxylic acids is 1. The van der Waals surface area contributed by atoms with Crippen molar-refractivity contribution in [2.24, 2.45) is 11.3 Å². The van der Waals surface area contributed by atoms with Gasteiger partial charge in [0, 0.05) is 67.6 Å². The number of ketones is 1. The number of allylic oxidation sites excluding steroid dienone is 2. The van der Waals surface area contributed by atoms with Gasteiger partial charge in [-0.15, -0.1) is 0 Å². The van der Waals surface area contributed by atoms with Gasteiger partial charge >= 0.3 is 0 Å². The maximum Gasteiger partial charge on any atom is 0.269 e. The van der Waals surface area contributed by atoms with Gasteiger partial charge in [0.2, 0.25) is 0 Å². The molecule has 0 spiro atoms. The summed E-state index contributed by atoms with van der Waals surface area (Å²) in [6, 6.07) is 13.1. The number of piperidine rings is 1. The number of Topliss-reactive ketones (excluding diaryl/α,β-unsaturated/α-hetero) is 1. The summed E-state index contributed by atoms with van der Waals surface area (Å²) in [7, 11) is 0. The van der Waals surface area contributed by atoms with E-state index in [1.54, 1.807) is 24.3 Å². The molecule has 9 nitrogen and oxygen atoms in total. The van der Waals surface area contributed by atoms with Crippen molar-refractivity contribution in [3.05, 3.63) is 91.2 Å². The van der Waals surface area contributed by atoms with Crippen LogP contribution in [0.2, 0.25) is 0 Å². The molecule has 1 saturated heterocycles. The van der Waals surface area contributed by atoms with E-state index in [0.717, 1.165) is 41.8 Å². The molecule has 2 aromatic carbocycles. The number of likely N-dealkylation sites (tertiary alicyclic amines) is 1. The third-order valence-electron chi connectivity index (χ3n) is 7.59. The molecule has 0 unspecified atom stereocenters. The first-order valence-electron chi connectivity index (χ1n) is 12.3. The number of rotatable bonds is 5. The minimum absolute atomic E-state index is 0.0159. The Hall–Kier alpha value is -3.59. The number of fused-ring (bicyclic) bond motifs is 1. The molecule has 0 amide bonds. The zero-order valence-electron chi connectivity index (χ0n) is 20.4. The monoisotopic (exact) mass is 491 g/mol. The maximum absolute atomic E-state index is 13.4. The molecule has 3 aliphatic rings. The SMILES string of the molecule is CC1(C)CC(=O)C2=C(C1)O[C@@H]1[C@@H](CCCN1Cc1ccc([N+](=O)[O-])cc1)[C@@H]2c1ccc([N+](=O)[O-])cc1. The van der Waals surface area contributed by atoms with Crippen LogP contribution in [0.25, 0.3) is 0 Å².